The summed E-state index contributed by atoms with van der Waals surface area (Å²) in [6.45, 7) is 2.05. The van der Waals surface area contributed by atoms with E-state index in [0.29, 0.717) is 17.1 Å². The van der Waals surface area contributed by atoms with Crippen LogP contribution in [0.3, 0.4) is 0 Å². The van der Waals surface area contributed by atoms with Gasteiger partial charge in [0.2, 0.25) is 0 Å². The zero-order chi connectivity index (χ0) is 21.2. The van der Waals surface area contributed by atoms with Crippen LogP contribution in [0.1, 0.15) is 11.3 Å². The quantitative estimate of drug-likeness (QED) is 0.396. The fraction of sp³-hybridized carbons (Fsp3) is 0.0870. The van der Waals surface area contributed by atoms with Crippen molar-refractivity contribution in [3.63, 3.8) is 0 Å². The summed E-state index contributed by atoms with van der Waals surface area (Å²) >= 11 is 1.50. The molecule has 0 aliphatic rings. The van der Waals surface area contributed by atoms with Crippen LogP contribution < -0.4 is 5.56 Å². The van der Waals surface area contributed by atoms with Crippen LogP contribution in [0.5, 0.6) is 0 Å². The van der Waals surface area contributed by atoms with E-state index in [1.165, 1.54) is 21.7 Å². The number of nitrogens with zero attached hydrogens (tertiary/aromatic N) is 6. The maximum Gasteiger partial charge on any atom is 0.258 e. The predicted molar refractivity (Wildman–Crippen MR) is 120 cm³/mol. The highest BCUT2D eigenvalue weighted by Crippen LogP contribution is 2.29. The van der Waals surface area contributed by atoms with E-state index in [4.69, 9.17) is 0 Å². The molecule has 0 spiro atoms. The van der Waals surface area contributed by atoms with Crippen LogP contribution in [0.2, 0.25) is 0 Å². The van der Waals surface area contributed by atoms with Gasteiger partial charge >= 0.3 is 0 Å². The van der Waals surface area contributed by atoms with Gasteiger partial charge in [0.15, 0.2) is 11.0 Å². The molecular formula is C23H18N6OS. The average molecular weight is 427 g/mol. The summed E-state index contributed by atoms with van der Waals surface area (Å²) in [7, 11) is 0. The van der Waals surface area contributed by atoms with Crippen LogP contribution in [-0.2, 0) is 5.75 Å². The van der Waals surface area contributed by atoms with Gasteiger partial charge in [-0.05, 0) is 43.3 Å². The molecule has 0 aliphatic heterocycles. The van der Waals surface area contributed by atoms with Gasteiger partial charge in [-0.2, -0.15) is 0 Å². The van der Waals surface area contributed by atoms with Crippen molar-refractivity contribution < 1.29 is 0 Å². The van der Waals surface area contributed by atoms with Crippen LogP contribution in [-0.4, -0.2) is 29.1 Å². The first-order valence-electron chi connectivity index (χ1n) is 9.72. The number of thioether (sulfide) groups is 1. The lowest BCUT2D eigenvalue weighted by molar-refractivity contribution is 0.884. The molecule has 0 saturated carbocycles. The molecule has 0 bridgehead atoms. The minimum absolute atomic E-state index is 0.0984. The summed E-state index contributed by atoms with van der Waals surface area (Å²) in [5.74, 6) is 1.24. The van der Waals surface area contributed by atoms with Gasteiger partial charge in [0, 0.05) is 41.7 Å². The molecule has 1 aromatic carbocycles. The Bertz CT molecular complexity index is 1410. The van der Waals surface area contributed by atoms with Gasteiger partial charge in [-0.3, -0.25) is 18.7 Å². The second-order valence-electron chi connectivity index (χ2n) is 7.02. The molecule has 0 aliphatic carbocycles. The van der Waals surface area contributed by atoms with Crippen LogP contribution in [0.15, 0.2) is 89.2 Å². The molecule has 5 aromatic rings. The molecule has 0 unspecified atom stereocenters. The summed E-state index contributed by atoms with van der Waals surface area (Å²) < 4.78 is 3.55. The summed E-state index contributed by atoms with van der Waals surface area (Å²) in [5.41, 5.74) is 4.30. The lowest BCUT2D eigenvalue weighted by atomic mass is 10.2. The van der Waals surface area contributed by atoms with E-state index in [2.05, 4.69) is 39.2 Å². The molecule has 0 radical (unpaired) electrons. The van der Waals surface area contributed by atoms with Crippen molar-refractivity contribution in [2.75, 3.05) is 0 Å². The standard InChI is InChI=1S/C23H18N6OS/c1-16-5-7-19(8-6-16)29-22(17-9-11-24-12-10-17)26-27-23(29)31-15-18-14-21(30)28-13-3-2-4-20(28)25-18/h2-14H,15H2,1H3. The van der Waals surface area contributed by atoms with Crippen molar-refractivity contribution in [3.8, 4) is 17.1 Å². The molecule has 4 heterocycles. The lowest BCUT2D eigenvalue weighted by Crippen LogP contribution is -2.14. The van der Waals surface area contributed by atoms with Crippen molar-refractivity contribution in [1.29, 1.82) is 0 Å². The van der Waals surface area contributed by atoms with E-state index in [-0.39, 0.29) is 5.56 Å². The molecule has 4 aromatic heterocycles. The van der Waals surface area contributed by atoms with Gasteiger partial charge in [0.1, 0.15) is 5.65 Å². The first kappa shape index (κ1) is 19.2. The third-order valence-electron chi connectivity index (χ3n) is 4.84. The minimum atomic E-state index is -0.0984. The first-order valence-corrected chi connectivity index (χ1v) is 10.7. The predicted octanol–water partition coefficient (Wildman–Crippen LogP) is 3.94. The molecule has 0 N–H and O–H groups in total. The highest BCUT2D eigenvalue weighted by molar-refractivity contribution is 7.98. The van der Waals surface area contributed by atoms with Crippen LogP contribution in [0.4, 0.5) is 0 Å². The van der Waals surface area contributed by atoms with Crippen molar-refractivity contribution in [2.24, 2.45) is 0 Å². The Hall–Kier alpha value is -3.78. The molecule has 0 fully saturated rings. The molecule has 7 nitrogen and oxygen atoms in total. The fourth-order valence-electron chi connectivity index (χ4n) is 3.29. The van der Waals surface area contributed by atoms with E-state index < -0.39 is 0 Å². The zero-order valence-corrected chi connectivity index (χ0v) is 17.5. The number of benzene rings is 1. The molecule has 5 rings (SSSR count). The molecule has 152 valence electrons. The van der Waals surface area contributed by atoms with Gasteiger partial charge < -0.3 is 0 Å². The Balaban J connectivity index is 1.53. The van der Waals surface area contributed by atoms with E-state index in [0.717, 1.165) is 22.2 Å². The topological polar surface area (TPSA) is 78.0 Å². The number of aryl methyl sites for hydroxylation is 1. The van der Waals surface area contributed by atoms with Gasteiger partial charge in [0.25, 0.3) is 5.56 Å². The normalized spacial score (nSPS) is 11.1. The van der Waals surface area contributed by atoms with Crippen LogP contribution >= 0.6 is 11.8 Å². The second-order valence-corrected chi connectivity index (χ2v) is 7.96. The van der Waals surface area contributed by atoms with E-state index in [1.54, 1.807) is 24.7 Å². The number of aromatic nitrogens is 6. The Kier molecular flexibility index (Phi) is 5.05. The third-order valence-corrected chi connectivity index (χ3v) is 5.80. The zero-order valence-electron chi connectivity index (χ0n) is 16.7. The van der Waals surface area contributed by atoms with Crippen LogP contribution in [0.25, 0.3) is 22.7 Å². The second kappa shape index (κ2) is 8.16. The maximum atomic E-state index is 12.4. The fourth-order valence-corrected chi connectivity index (χ4v) is 4.14. The Morgan fingerprint density at radius 1 is 0.968 bits per heavy atom. The van der Waals surface area contributed by atoms with Crippen molar-refractivity contribution in [3.05, 3.63) is 101 Å². The SMILES string of the molecule is Cc1ccc(-n2c(SCc3cc(=O)n4ccccc4n3)nnc2-c2ccncc2)cc1. The number of fused-ring (bicyclic) bond motifs is 1. The monoisotopic (exact) mass is 426 g/mol. The summed E-state index contributed by atoms with van der Waals surface area (Å²) in [4.78, 5) is 21.1. The number of hydrogen-bond donors (Lipinski definition) is 0. The molecule has 0 saturated heterocycles. The number of rotatable bonds is 5. The molecular weight excluding hydrogens is 408 g/mol. The van der Waals surface area contributed by atoms with Gasteiger partial charge in [-0.15, -0.1) is 10.2 Å². The Labute approximate surface area is 182 Å². The van der Waals surface area contributed by atoms with Gasteiger partial charge in [-0.25, -0.2) is 4.98 Å². The first-order chi connectivity index (χ1) is 15.2. The molecule has 8 heteroatoms. The van der Waals surface area contributed by atoms with E-state index in [1.807, 2.05) is 47.0 Å². The van der Waals surface area contributed by atoms with Gasteiger partial charge in [-0.1, -0.05) is 35.5 Å². The lowest BCUT2D eigenvalue weighted by Gasteiger charge is -2.11. The molecule has 0 amide bonds. The third kappa shape index (κ3) is 3.85. The minimum Gasteiger partial charge on any atom is -0.270 e. The number of hydrogen-bond acceptors (Lipinski definition) is 6. The largest absolute Gasteiger partial charge is 0.270 e. The Morgan fingerprint density at radius 3 is 2.58 bits per heavy atom. The van der Waals surface area contributed by atoms with Crippen molar-refractivity contribution >= 4 is 17.4 Å². The highest BCUT2D eigenvalue weighted by Gasteiger charge is 2.16. The maximum absolute atomic E-state index is 12.4. The van der Waals surface area contributed by atoms with Gasteiger partial charge in [0.05, 0.1) is 5.69 Å². The molecule has 31 heavy (non-hydrogen) atoms. The molecule has 0 atom stereocenters. The van der Waals surface area contributed by atoms with E-state index >= 15 is 0 Å². The highest BCUT2D eigenvalue weighted by atomic mass is 32.2. The smallest absolute Gasteiger partial charge is 0.258 e. The van der Waals surface area contributed by atoms with Crippen molar-refractivity contribution in [2.45, 2.75) is 17.8 Å². The summed E-state index contributed by atoms with van der Waals surface area (Å²) in [6, 6.07) is 19.1. The summed E-state index contributed by atoms with van der Waals surface area (Å²) in [6.07, 6.45) is 5.20. The number of pyridine rings is 2. The van der Waals surface area contributed by atoms with Crippen molar-refractivity contribution in [1.82, 2.24) is 29.1 Å². The summed E-state index contributed by atoms with van der Waals surface area (Å²) in [5, 5.41) is 9.61. The van der Waals surface area contributed by atoms with E-state index in [9.17, 15) is 4.79 Å². The Morgan fingerprint density at radius 2 is 1.77 bits per heavy atom. The van der Waals surface area contributed by atoms with Crippen LogP contribution in [0, 0.1) is 6.92 Å². The average Bonchev–Trinajstić information content (AvgIpc) is 3.23.